The summed E-state index contributed by atoms with van der Waals surface area (Å²) in [4.78, 5) is 13.8. The zero-order valence-corrected chi connectivity index (χ0v) is 12.0. The summed E-state index contributed by atoms with van der Waals surface area (Å²) in [5.41, 5.74) is 2.39. The lowest BCUT2D eigenvalue weighted by atomic mass is 10.2. The molecule has 0 aliphatic heterocycles. The first-order valence-electron chi connectivity index (χ1n) is 6.51. The predicted octanol–water partition coefficient (Wildman–Crippen LogP) is 0.867. The van der Waals surface area contributed by atoms with Crippen molar-refractivity contribution in [1.82, 2.24) is 25.2 Å². The number of hydrogen-bond acceptors (Lipinski definition) is 4. The van der Waals surface area contributed by atoms with Crippen LogP contribution in [-0.4, -0.2) is 53.0 Å². The van der Waals surface area contributed by atoms with Crippen LogP contribution in [0.15, 0.2) is 30.5 Å². The number of amides is 1. The summed E-state index contributed by atoms with van der Waals surface area (Å²) in [5.74, 6) is -0.126. The fourth-order valence-electron chi connectivity index (χ4n) is 1.84. The molecule has 0 fully saturated rings. The average molecular weight is 273 g/mol. The lowest BCUT2D eigenvalue weighted by molar-refractivity contribution is 0.0791. The van der Waals surface area contributed by atoms with E-state index < -0.39 is 0 Å². The maximum Gasteiger partial charge on any atom is 0.275 e. The summed E-state index contributed by atoms with van der Waals surface area (Å²) in [6.07, 6.45) is 1.66. The van der Waals surface area contributed by atoms with Crippen molar-refractivity contribution >= 4 is 5.91 Å². The number of rotatable bonds is 5. The van der Waals surface area contributed by atoms with Gasteiger partial charge >= 0.3 is 0 Å². The molecule has 0 aliphatic carbocycles. The van der Waals surface area contributed by atoms with Crippen LogP contribution in [-0.2, 0) is 0 Å². The van der Waals surface area contributed by atoms with E-state index in [1.54, 1.807) is 22.8 Å². The Morgan fingerprint density at radius 3 is 2.95 bits per heavy atom. The lowest BCUT2D eigenvalue weighted by Gasteiger charge is -2.14. The van der Waals surface area contributed by atoms with E-state index in [1.165, 1.54) is 0 Å². The number of nitrogens with one attached hydrogen (secondary N) is 1. The molecule has 1 amide bonds. The fraction of sp³-hybridized carbons (Fsp3) is 0.357. The summed E-state index contributed by atoms with van der Waals surface area (Å²) in [6, 6.07) is 7.89. The van der Waals surface area contributed by atoms with Gasteiger partial charge in [0.25, 0.3) is 5.91 Å². The Kier molecular flexibility index (Phi) is 4.47. The molecule has 0 saturated carbocycles. The van der Waals surface area contributed by atoms with Gasteiger partial charge in [0.15, 0.2) is 5.69 Å². The highest BCUT2D eigenvalue weighted by Crippen LogP contribution is 2.09. The molecular weight excluding hydrogens is 254 g/mol. The van der Waals surface area contributed by atoms with Crippen molar-refractivity contribution in [1.29, 1.82) is 0 Å². The van der Waals surface area contributed by atoms with Gasteiger partial charge in [-0.3, -0.25) is 4.79 Å². The highest BCUT2D eigenvalue weighted by atomic mass is 16.2. The molecule has 20 heavy (non-hydrogen) atoms. The Hall–Kier alpha value is -2.21. The quantitative estimate of drug-likeness (QED) is 0.878. The third-order valence-corrected chi connectivity index (χ3v) is 3.02. The second kappa shape index (κ2) is 6.29. The molecule has 1 aromatic carbocycles. The number of likely N-dealkylation sites (N-methyl/N-ethyl adjacent to an activating group) is 2. The SMILES string of the molecule is CNCCN(C)C(=O)c1cn(-c2cccc(C)c2)nn1. The second-order valence-electron chi connectivity index (χ2n) is 4.72. The Morgan fingerprint density at radius 2 is 2.25 bits per heavy atom. The van der Waals surface area contributed by atoms with Crippen molar-refractivity contribution in [3.05, 3.63) is 41.7 Å². The van der Waals surface area contributed by atoms with Gasteiger partial charge in [-0.25, -0.2) is 4.68 Å². The molecule has 0 aliphatic rings. The Morgan fingerprint density at radius 1 is 1.45 bits per heavy atom. The molecule has 0 saturated heterocycles. The van der Waals surface area contributed by atoms with Gasteiger partial charge in [-0.2, -0.15) is 0 Å². The first-order chi connectivity index (χ1) is 9.61. The van der Waals surface area contributed by atoms with Gasteiger partial charge in [-0.15, -0.1) is 5.10 Å². The number of aromatic nitrogens is 3. The molecule has 1 heterocycles. The smallest absolute Gasteiger partial charge is 0.275 e. The Bertz CT molecular complexity index is 593. The van der Waals surface area contributed by atoms with E-state index in [2.05, 4.69) is 15.6 Å². The molecule has 0 unspecified atom stereocenters. The van der Waals surface area contributed by atoms with E-state index in [0.717, 1.165) is 17.8 Å². The maximum absolute atomic E-state index is 12.1. The number of carbonyl (C=O) groups excluding carboxylic acids is 1. The van der Waals surface area contributed by atoms with Gasteiger partial charge in [-0.1, -0.05) is 17.3 Å². The molecular formula is C14H19N5O. The van der Waals surface area contributed by atoms with Gasteiger partial charge in [0.1, 0.15) is 0 Å². The zero-order chi connectivity index (χ0) is 14.5. The average Bonchev–Trinajstić information content (AvgIpc) is 2.93. The van der Waals surface area contributed by atoms with E-state index in [0.29, 0.717) is 12.2 Å². The van der Waals surface area contributed by atoms with Crippen molar-refractivity contribution in [2.24, 2.45) is 0 Å². The van der Waals surface area contributed by atoms with Gasteiger partial charge in [0.05, 0.1) is 11.9 Å². The van der Waals surface area contributed by atoms with Crippen LogP contribution in [0.25, 0.3) is 5.69 Å². The van der Waals surface area contributed by atoms with Crippen molar-refractivity contribution < 1.29 is 4.79 Å². The number of hydrogen-bond donors (Lipinski definition) is 1. The van der Waals surface area contributed by atoms with E-state index >= 15 is 0 Å². The minimum Gasteiger partial charge on any atom is -0.339 e. The van der Waals surface area contributed by atoms with Crippen LogP contribution in [0.2, 0.25) is 0 Å². The van der Waals surface area contributed by atoms with Crippen LogP contribution in [0.1, 0.15) is 16.1 Å². The van der Waals surface area contributed by atoms with E-state index in [4.69, 9.17) is 0 Å². The molecule has 6 nitrogen and oxygen atoms in total. The molecule has 106 valence electrons. The molecule has 1 aromatic heterocycles. The van der Waals surface area contributed by atoms with E-state index in [9.17, 15) is 4.79 Å². The van der Waals surface area contributed by atoms with E-state index in [-0.39, 0.29) is 5.91 Å². The maximum atomic E-state index is 12.1. The number of aryl methyl sites for hydroxylation is 1. The molecule has 6 heteroatoms. The van der Waals surface area contributed by atoms with E-state index in [1.807, 2.05) is 38.2 Å². The third-order valence-electron chi connectivity index (χ3n) is 3.02. The summed E-state index contributed by atoms with van der Waals surface area (Å²) in [5, 5.41) is 11.0. The first-order valence-corrected chi connectivity index (χ1v) is 6.51. The normalized spacial score (nSPS) is 10.6. The van der Waals surface area contributed by atoms with Gasteiger partial charge in [-0.05, 0) is 31.7 Å². The second-order valence-corrected chi connectivity index (χ2v) is 4.72. The van der Waals surface area contributed by atoms with Crippen LogP contribution in [0, 0.1) is 6.92 Å². The standard InChI is InChI=1S/C14H19N5O/c1-11-5-4-6-12(9-11)19-10-13(16-17-19)14(20)18(3)8-7-15-2/h4-6,9-10,15H,7-8H2,1-3H3. The largest absolute Gasteiger partial charge is 0.339 e. The molecule has 2 rings (SSSR count). The monoisotopic (exact) mass is 273 g/mol. The Balaban J connectivity index is 2.14. The van der Waals surface area contributed by atoms with Crippen molar-refractivity contribution in [3.63, 3.8) is 0 Å². The minimum absolute atomic E-state index is 0.126. The highest BCUT2D eigenvalue weighted by Gasteiger charge is 2.15. The van der Waals surface area contributed by atoms with Crippen LogP contribution >= 0.6 is 0 Å². The summed E-state index contributed by atoms with van der Waals surface area (Å²) in [7, 11) is 3.61. The topological polar surface area (TPSA) is 63.1 Å². The molecule has 0 atom stereocenters. The van der Waals surface area contributed by atoms with Crippen molar-refractivity contribution in [2.45, 2.75) is 6.92 Å². The summed E-state index contributed by atoms with van der Waals surface area (Å²) in [6.45, 7) is 3.39. The van der Waals surface area contributed by atoms with Crippen molar-refractivity contribution in [2.75, 3.05) is 27.2 Å². The number of nitrogens with zero attached hydrogens (tertiary/aromatic N) is 4. The van der Waals surface area contributed by atoms with Gasteiger partial charge < -0.3 is 10.2 Å². The van der Waals surface area contributed by atoms with Crippen LogP contribution in [0.3, 0.4) is 0 Å². The summed E-state index contributed by atoms with van der Waals surface area (Å²) < 4.78 is 1.62. The molecule has 0 bridgehead atoms. The van der Waals surface area contributed by atoms with Crippen LogP contribution < -0.4 is 5.32 Å². The van der Waals surface area contributed by atoms with Crippen LogP contribution in [0.4, 0.5) is 0 Å². The number of carbonyl (C=O) groups is 1. The lowest BCUT2D eigenvalue weighted by Crippen LogP contribution is -2.33. The first kappa shape index (κ1) is 14.2. The Labute approximate surface area is 118 Å². The predicted molar refractivity (Wildman–Crippen MR) is 77.0 cm³/mol. The fourth-order valence-corrected chi connectivity index (χ4v) is 1.84. The molecule has 0 radical (unpaired) electrons. The molecule has 2 aromatic rings. The van der Waals surface area contributed by atoms with Gasteiger partial charge in [0.2, 0.25) is 0 Å². The third kappa shape index (κ3) is 3.21. The van der Waals surface area contributed by atoms with Gasteiger partial charge in [0, 0.05) is 20.1 Å². The molecule has 1 N–H and O–H groups in total. The zero-order valence-electron chi connectivity index (χ0n) is 12.0. The molecule has 0 spiro atoms. The minimum atomic E-state index is -0.126. The number of benzene rings is 1. The summed E-state index contributed by atoms with van der Waals surface area (Å²) >= 11 is 0. The van der Waals surface area contributed by atoms with Crippen LogP contribution in [0.5, 0.6) is 0 Å². The van der Waals surface area contributed by atoms with Crippen molar-refractivity contribution in [3.8, 4) is 5.69 Å². The highest BCUT2D eigenvalue weighted by molar-refractivity contribution is 5.91.